The van der Waals surface area contributed by atoms with Crippen LogP contribution in [0.5, 0.6) is 5.75 Å². The first-order valence-electron chi connectivity index (χ1n) is 10.8. The van der Waals surface area contributed by atoms with E-state index in [1.165, 1.54) is 0 Å². The third kappa shape index (κ3) is 5.14. The van der Waals surface area contributed by atoms with E-state index in [9.17, 15) is 9.59 Å². The number of carbonyl (C=O) groups is 2. The maximum absolute atomic E-state index is 13.0. The van der Waals surface area contributed by atoms with Gasteiger partial charge in [0.1, 0.15) is 11.8 Å². The Hall–Kier alpha value is -3.67. The van der Waals surface area contributed by atoms with Crippen LogP contribution in [-0.4, -0.2) is 47.9 Å². The van der Waals surface area contributed by atoms with Gasteiger partial charge in [0, 0.05) is 38.3 Å². The Kier molecular flexibility index (Phi) is 6.80. The third-order valence-electron chi connectivity index (χ3n) is 5.81. The van der Waals surface area contributed by atoms with Crippen LogP contribution in [0.1, 0.15) is 17.5 Å². The van der Waals surface area contributed by atoms with Crippen LogP contribution in [0.2, 0.25) is 0 Å². The van der Waals surface area contributed by atoms with Crippen molar-refractivity contribution < 1.29 is 14.3 Å². The Bertz CT molecular complexity index is 1070. The summed E-state index contributed by atoms with van der Waals surface area (Å²) in [4.78, 5) is 31.5. The van der Waals surface area contributed by atoms with Gasteiger partial charge in [0.15, 0.2) is 0 Å². The quantitative estimate of drug-likeness (QED) is 0.626. The van der Waals surface area contributed by atoms with Crippen molar-refractivity contribution in [2.24, 2.45) is 0 Å². The zero-order chi connectivity index (χ0) is 22.3. The summed E-state index contributed by atoms with van der Waals surface area (Å²) >= 11 is 0. The summed E-state index contributed by atoms with van der Waals surface area (Å²) < 4.78 is 5.19. The molecule has 6 nitrogen and oxygen atoms in total. The van der Waals surface area contributed by atoms with Crippen LogP contribution in [0.15, 0.2) is 73.1 Å². The Morgan fingerprint density at radius 3 is 2.59 bits per heavy atom. The molecule has 1 fully saturated rings. The van der Waals surface area contributed by atoms with Crippen molar-refractivity contribution in [2.75, 3.05) is 20.2 Å². The molecule has 0 spiro atoms. The van der Waals surface area contributed by atoms with Gasteiger partial charge >= 0.3 is 0 Å². The van der Waals surface area contributed by atoms with Gasteiger partial charge in [0.25, 0.3) is 0 Å². The highest BCUT2D eigenvalue weighted by atomic mass is 16.5. The zero-order valence-electron chi connectivity index (χ0n) is 18.2. The van der Waals surface area contributed by atoms with Crippen molar-refractivity contribution in [3.8, 4) is 16.9 Å². The van der Waals surface area contributed by atoms with Gasteiger partial charge in [-0.05, 0) is 52.9 Å². The average molecular weight is 430 g/mol. The number of aromatic nitrogens is 1. The molecule has 3 aromatic rings. The predicted molar refractivity (Wildman–Crippen MR) is 123 cm³/mol. The maximum atomic E-state index is 13.0. The maximum Gasteiger partial charge on any atom is 0.243 e. The molecule has 1 aliphatic heterocycles. The summed E-state index contributed by atoms with van der Waals surface area (Å²) in [6.07, 6.45) is 5.01. The average Bonchev–Trinajstić information content (AvgIpc) is 2.85. The molecule has 2 amide bonds. The monoisotopic (exact) mass is 429 g/mol. The molecular formula is C26H27N3O3. The second-order valence-electron chi connectivity index (χ2n) is 7.88. The lowest BCUT2D eigenvalue weighted by Gasteiger charge is -2.35. The first-order valence-corrected chi connectivity index (χ1v) is 10.8. The number of aryl methyl sites for hydroxylation is 1. The zero-order valence-corrected chi connectivity index (χ0v) is 18.2. The number of amides is 2. The van der Waals surface area contributed by atoms with Crippen molar-refractivity contribution >= 4 is 11.8 Å². The fourth-order valence-electron chi connectivity index (χ4n) is 4.05. The largest absolute Gasteiger partial charge is 0.497 e. The molecule has 0 saturated carbocycles. The lowest BCUT2D eigenvalue weighted by molar-refractivity contribution is -0.143. The molecule has 1 atom stereocenters. The Morgan fingerprint density at radius 1 is 1.06 bits per heavy atom. The minimum Gasteiger partial charge on any atom is -0.497 e. The number of nitrogens with one attached hydrogen (secondary N) is 1. The molecular weight excluding hydrogens is 402 g/mol. The van der Waals surface area contributed by atoms with Crippen LogP contribution < -0.4 is 10.1 Å². The summed E-state index contributed by atoms with van der Waals surface area (Å²) in [6.45, 7) is 1.02. The van der Waals surface area contributed by atoms with Crippen LogP contribution >= 0.6 is 0 Å². The minimum atomic E-state index is -0.500. The van der Waals surface area contributed by atoms with Gasteiger partial charge in [-0.25, -0.2) is 0 Å². The third-order valence-corrected chi connectivity index (χ3v) is 5.81. The van der Waals surface area contributed by atoms with Crippen molar-refractivity contribution in [3.63, 3.8) is 0 Å². The summed E-state index contributed by atoms with van der Waals surface area (Å²) in [5.74, 6) is 0.705. The van der Waals surface area contributed by atoms with Crippen LogP contribution in [0.4, 0.5) is 0 Å². The number of hydrogen-bond acceptors (Lipinski definition) is 4. The molecule has 0 bridgehead atoms. The number of benzene rings is 2. The van der Waals surface area contributed by atoms with E-state index in [0.29, 0.717) is 32.4 Å². The molecule has 32 heavy (non-hydrogen) atoms. The van der Waals surface area contributed by atoms with Gasteiger partial charge in [-0.3, -0.25) is 14.6 Å². The highest BCUT2D eigenvalue weighted by molar-refractivity contribution is 5.89. The van der Waals surface area contributed by atoms with Crippen LogP contribution in [0.3, 0.4) is 0 Å². The molecule has 1 N–H and O–H groups in total. The fourth-order valence-corrected chi connectivity index (χ4v) is 4.05. The molecule has 0 aliphatic carbocycles. The lowest BCUT2D eigenvalue weighted by Crippen LogP contribution is -2.58. The smallest absolute Gasteiger partial charge is 0.243 e. The Balaban J connectivity index is 1.45. The van der Waals surface area contributed by atoms with Crippen molar-refractivity contribution in [2.45, 2.75) is 25.3 Å². The van der Waals surface area contributed by atoms with Crippen molar-refractivity contribution in [1.82, 2.24) is 15.2 Å². The SMILES string of the molecule is COc1ccc(CCC(=O)N2CCNC(=O)[C@@H]2Cc2cccc(-c3ccncc3)c2)cc1. The number of hydrogen-bond donors (Lipinski definition) is 1. The standard InChI is InChI=1S/C26H27N3O3/c1-32-23-8-5-19(6-9-23)7-10-25(30)29-16-15-28-26(31)24(29)18-20-3-2-4-22(17-20)21-11-13-27-14-12-21/h2-6,8-9,11-14,17,24H,7,10,15-16,18H2,1H3,(H,28,31)/t24-/m0/s1. The molecule has 1 aromatic heterocycles. The van der Waals surface area contributed by atoms with Gasteiger partial charge in [-0.2, -0.15) is 0 Å². The van der Waals surface area contributed by atoms with Crippen LogP contribution in [0, 0.1) is 0 Å². The molecule has 2 aromatic carbocycles. The first-order chi connectivity index (χ1) is 15.6. The number of methoxy groups -OCH3 is 1. The highest BCUT2D eigenvalue weighted by Crippen LogP contribution is 2.22. The van der Waals surface area contributed by atoms with Crippen molar-refractivity contribution in [1.29, 1.82) is 0 Å². The number of carbonyl (C=O) groups excluding carboxylic acids is 2. The number of nitrogens with zero attached hydrogens (tertiary/aromatic N) is 2. The molecule has 4 rings (SSSR count). The molecule has 0 unspecified atom stereocenters. The second kappa shape index (κ2) is 10.1. The summed E-state index contributed by atoms with van der Waals surface area (Å²) in [7, 11) is 1.63. The number of ether oxygens (including phenoxy) is 1. The summed E-state index contributed by atoms with van der Waals surface area (Å²) in [5, 5.41) is 2.91. The van der Waals surface area contributed by atoms with E-state index in [1.54, 1.807) is 24.4 Å². The Labute approximate surface area is 188 Å². The molecule has 6 heteroatoms. The molecule has 1 aliphatic rings. The van der Waals surface area contributed by atoms with Gasteiger partial charge in [0.05, 0.1) is 7.11 Å². The second-order valence-corrected chi connectivity index (χ2v) is 7.88. The minimum absolute atomic E-state index is 0.00552. The molecule has 164 valence electrons. The van der Waals surface area contributed by atoms with E-state index in [4.69, 9.17) is 4.74 Å². The molecule has 2 heterocycles. The fraction of sp³-hybridized carbons (Fsp3) is 0.269. The summed E-state index contributed by atoms with van der Waals surface area (Å²) in [5.41, 5.74) is 4.23. The lowest BCUT2D eigenvalue weighted by atomic mass is 9.97. The van der Waals surface area contributed by atoms with Gasteiger partial charge < -0.3 is 15.0 Å². The van der Waals surface area contributed by atoms with Gasteiger partial charge in [-0.1, -0.05) is 36.4 Å². The van der Waals surface area contributed by atoms with E-state index in [0.717, 1.165) is 28.0 Å². The van der Waals surface area contributed by atoms with E-state index < -0.39 is 6.04 Å². The summed E-state index contributed by atoms with van der Waals surface area (Å²) in [6, 6.07) is 19.3. The van der Waals surface area contributed by atoms with Crippen LogP contribution in [0.25, 0.3) is 11.1 Å². The predicted octanol–water partition coefficient (Wildman–Crippen LogP) is 3.26. The van der Waals surface area contributed by atoms with Gasteiger partial charge in [-0.15, -0.1) is 0 Å². The van der Waals surface area contributed by atoms with E-state index in [1.807, 2.05) is 54.6 Å². The normalized spacial score (nSPS) is 15.8. The van der Waals surface area contributed by atoms with Crippen molar-refractivity contribution in [3.05, 3.63) is 84.2 Å². The van der Waals surface area contributed by atoms with E-state index >= 15 is 0 Å². The number of pyridine rings is 1. The number of rotatable bonds is 7. The van der Waals surface area contributed by atoms with Crippen LogP contribution in [-0.2, 0) is 22.4 Å². The molecule has 1 saturated heterocycles. The van der Waals surface area contributed by atoms with E-state index in [-0.39, 0.29) is 11.8 Å². The topological polar surface area (TPSA) is 71.5 Å². The van der Waals surface area contributed by atoms with E-state index in [2.05, 4.69) is 16.4 Å². The Morgan fingerprint density at radius 2 is 1.84 bits per heavy atom. The molecule has 0 radical (unpaired) electrons. The number of piperazine rings is 1. The van der Waals surface area contributed by atoms with Gasteiger partial charge in [0.2, 0.25) is 11.8 Å². The first kappa shape index (κ1) is 21.6. The highest BCUT2D eigenvalue weighted by Gasteiger charge is 2.32.